The normalized spacial score (nSPS) is 13.9. The van der Waals surface area contributed by atoms with Gasteiger partial charge in [0, 0.05) is 23.7 Å². The van der Waals surface area contributed by atoms with Gasteiger partial charge < -0.3 is 11.1 Å². The van der Waals surface area contributed by atoms with Gasteiger partial charge in [0.1, 0.15) is 0 Å². The summed E-state index contributed by atoms with van der Waals surface area (Å²) in [5.74, 6) is 0.932. The van der Waals surface area contributed by atoms with Crippen LogP contribution in [0, 0.1) is 5.41 Å². The van der Waals surface area contributed by atoms with Crippen molar-refractivity contribution >= 4 is 17.7 Å². The Bertz CT molecular complexity index is 363. The zero-order valence-electron chi connectivity index (χ0n) is 11.1. The summed E-state index contributed by atoms with van der Waals surface area (Å²) in [7, 11) is 0. The third-order valence-corrected chi connectivity index (χ3v) is 4.19. The molecular formula is C14H22N2OS. The van der Waals surface area contributed by atoms with Crippen LogP contribution in [-0.2, 0) is 4.79 Å². The second kappa shape index (κ2) is 7.44. The lowest BCUT2D eigenvalue weighted by Crippen LogP contribution is -2.44. The van der Waals surface area contributed by atoms with Crippen LogP contribution >= 0.6 is 11.8 Å². The summed E-state index contributed by atoms with van der Waals surface area (Å²) in [5.41, 5.74) is 5.21. The number of nitrogens with two attached hydrogens (primary N) is 1. The van der Waals surface area contributed by atoms with Gasteiger partial charge in [-0.05, 0) is 25.5 Å². The molecule has 0 aliphatic carbocycles. The fourth-order valence-corrected chi connectivity index (χ4v) is 2.25. The standard InChI is InChI=1S/C14H22N2OS/c1-3-14(2,11-15)13(17)16-9-10-18-12-7-5-4-6-8-12/h4-8H,3,9-11,15H2,1-2H3,(H,16,17). The summed E-state index contributed by atoms with van der Waals surface area (Å²) in [6.45, 7) is 4.97. The van der Waals surface area contributed by atoms with Gasteiger partial charge in [-0.25, -0.2) is 0 Å². The first-order chi connectivity index (χ1) is 8.62. The Balaban J connectivity index is 2.28. The molecule has 0 fully saturated rings. The predicted molar refractivity (Wildman–Crippen MR) is 77.6 cm³/mol. The number of hydrogen-bond acceptors (Lipinski definition) is 3. The fraction of sp³-hybridized carbons (Fsp3) is 0.500. The van der Waals surface area contributed by atoms with E-state index >= 15 is 0 Å². The van der Waals surface area contributed by atoms with Crippen molar-refractivity contribution in [3.05, 3.63) is 30.3 Å². The van der Waals surface area contributed by atoms with E-state index in [1.165, 1.54) is 4.90 Å². The van der Waals surface area contributed by atoms with Crippen LogP contribution in [0.5, 0.6) is 0 Å². The number of nitrogens with one attached hydrogen (secondary N) is 1. The number of hydrogen-bond donors (Lipinski definition) is 2. The van der Waals surface area contributed by atoms with E-state index in [-0.39, 0.29) is 5.91 Å². The van der Waals surface area contributed by atoms with E-state index in [0.29, 0.717) is 13.1 Å². The number of carbonyl (C=O) groups excluding carboxylic acids is 1. The minimum absolute atomic E-state index is 0.0566. The van der Waals surface area contributed by atoms with Crippen LogP contribution in [0.2, 0.25) is 0 Å². The van der Waals surface area contributed by atoms with Crippen molar-refractivity contribution in [2.24, 2.45) is 11.1 Å². The maximum atomic E-state index is 11.9. The maximum Gasteiger partial charge on any atom is 0.227 e. The third kappa shape index (κ3) is 4.35. The lowest BCUT2D eigenvalue weighted by atomic mass is 9.87. The Kier molecular flexibility index (Phi) is 6.22. The molecule has 0 aliphatic heterocycles. The van der Waals surface area contributed by atoms with Crippen LogP contribution in [0.25, 0.3) is 0 Å². The first kappa shape index (κ1) is 15.1. The highest BCUT2D eigenvalue weighted by molar-refractivity contribution is 7.99. The molecule has 0 radical (unpaired) electrons. The highest BCUT2D eigenvalue weighted by Crippen LogP contribution is 2.19. The van der Waals surface area contributed by atoms with Gasteiger partial charge in [0.15, 0.2) is 0 Å². The van der Waals surface area contributed by atoms with Gasteiger partial charge in [-0.3, -0.25) is 4.79 Å². The molecule has 1 atom stereocenters. The zero-order valence-corrected chi connectivity index (χ0v) is 11.9. The molecular weight excluding hydrogens is 244 g/mol. The minimum Gasteiger partial charge on any atom is -0.355 e. The fourth-order valence-electron chi connectivity index (χ4n) is 1.46. The van der Waals surface area contributed by atoms with E-state index in [2.05, 4.69) is 17.4 Å². The van der Waals surface area contributed by atoms with Gasteiger partial charge in [-0.1, -0.05) is 25.1 Å². The maximum absolute atomic E-state index is 11.9. The smallest absolute Gasteiger partial charge is 0.227 e. The Labute approximate surface area is 114 Å². The van der Waals surface area contributed by atoms with Crippen molar-refractivity contribution in [3.8, 4) is 0 Å². The molecule has 3 nitrogen and oxygen atoms in total. The lowest BCUT2D eigenvalue weighted by molar-refractivity contribution is -0.129. The molecule has 18 heavy (non-hydrogen) atoms. The van der Waals surface area contributed by atoms with Crippen LogP contribution < -0.4 is 11.1 Å². The second-order valence-corrected chi connectivity index (χ2v) is 5.70. The Morgan fingerprint density at radius 2 is 2.06 bits per heavy atom. The van der Waals surface area contributed by atoms with Crippen LogP contribution in [0.15, 0.2) is 35.2 Å². The van der Waals surface area contributed by atoms with Crippen LogP contribution in [0.1, 0.15) is 20.3 Å². The van der Waals surface area contributed by atoms with Crippen molar-refractivity contribution < 1.29 is 4.79 Å². The number of benzene rings is 1. The molecule has 0 saturated carbocycles. The summed E-state index contributed by atoms with van der Waals surface area (Å²) in [5, 5.41) is 2.96. The molecule has 3 N–H and O–H groups in total. The van der Waals surface area contributed by atoms with Crippen LogP contribution in [0.4, 0.5) is 0 Å². The summed E-state index contributed by atoms with van der Waals surface area (Å²) < 4.78 is 0. The quantitative estimate of drug-likeness (QED) is 0.588. The van der Waals surface area contributed by atoms with Crippen molar-refractivity contribution in [2.45, 2.75) is 25.2 Å². The summed E-state index contributed by atoms with van der Waals surface area (Å²) in [4.78, 5) is 13.2. The van der Waals surface area contributed by atoms with Crippen molar-refractivity contribution in [1.82, 2.24) is 5.32 Å². The largest absolute Gasteiger partial charge is 0.355 e. The molecule has 1 rings (SSSR count). The average Bonchev–Trinajstić information content (AvgIpc) is 2.43. The molecule has 1 aromatic carbocycles. The zero-order chi connectivity index (χ0) is 13.4. The van der Waals surface area contributed by atoms with Crippen molar-refractivity contribution in [2.75, 3.05) is 18.8 Å². The Hall–Kier alpha value is -1.00. The van der Waals surface area contributed by atoms with E-state index in [9.17, 15) is 4.79 Å². The van der Waals surface area contributed by atoms with E-state index in [4.69, 9.17) is 5.73 Å². The van der Waals surface area contributed by atoms with Crippen LogP contribution in [0.3, 0.4) is 0 Å². The van der Waals surface area contributed by atoms with Gasteiger partial charge in [0.25, 0.3) is 0 Å². The number of carbonyl (C=O) groups is 1. The van der Waals surface area contributed by atoms with E-state index in [1.807, 2.05) is 32.0 Å². The topological polar surface area (TPSA) is 55.1 Å². The van der Waals surface area contributed by atoms with Crippen molar-refractivity contribution in [3.63, 3.8) is 0 Å². The molecule has 1 unspecified atom stereocenters. The van der Waals surface area contributed by atoms with Gasteiger partial charge in [-0.2, -0.15) is 0 Å². The van der Waals surface area contributed by atoms with Crippen LogP contribution in [-0.4, -0.2) is 24.7 Å². The van der Waals surface area contributed by atoms with Gasteiger partial charge in [-0.15, -0.1) is 11.8 Å². The molecule has 1 amide bonds. The Morgan fingerprint density at radius 3 is 2.61 bits per heavy atom. The third-order valence-electron chi connectivity index (χ3n) is 3.18. The monoisotopic (exact) mass is 266 g/mol. The van der Waals surface area contributed by atoms with E-state index in [0.717, 1.165) is 12.2 Å². The van der Waals surface area contributed by atoms with Crippen molar-refractivity contribution in [1.29, 1.82) is 0 Å². The summed E-state index contributed by atoms with van der Waals surface area (Å²) >= 11 is 1.74. The Morgan fingerprint density at radius 1 is 1.39 bits per heavy atom. The molecule has 0 aromatic heterocycles. The van der Waals surface area contributed by atoms with Gasteiger partial charge >= 0.3 is 0 Å². The van der Waals surface area contributed by atoms with Gasteiger partial charge in [0.05, 0.1) is 5.41 Å². The molecule has 0 spiro atoms. The van der Waals surface area contributed by atoms with Gasteiger partial charge in [0.2, 0.25) is 5.91 Å². The summed E-state index contributed by atoms with van der Waals surface area (Å²) in [6.07, 6.45) is 0.765. The highest BCUT2D eigenvalue weighted by atomic mass is 32.2. The molecule has 0 aliphatic rings. The number of amides is 1. The molecule has 1 aromatic rings. The minimum atomic E-state index is -0.433. The van der Waals surface area contributed by atoms with E-state index < -0.39 is 5.41 Å². The average molecular weight is 266 g/mol. The SMILES string of the molecule is CCC(C)(CN)C(=O)NCCSc1ccccc1. The second-order valence-electron chi connectivity index (χ2n) is 4.54. The molecule has 100 valence electrons. The van der Waals surface area contributed by atoms with E-state index in [1.54, 1.807) is 11.8 Å². The molecule has 0 saturated heterocycles. The lowest BCUT2D eigenvalue weighted by Gasteiger charge is -2.24. The summed E-state index contributed by atoms with van der Waals surface area (Å²) in [6, 6.07) is 10.2. The first-order valence-electron chi connectivity index (χ1n) is 6.28. The first-order valence-corrected chi connectivity index (χ1v) is 7.27. The molecule has 4 heteroatoms. The predicted octanol–water partition coefficient (Wildman–Crippen LogP) is 2.27. The molecule has 0 heterocycles. The number of thioether (sulfide) groups is 1. The highest BCUT2D eigenvalue weighted by Gasteiger charge is 2.28. The molecule has 0 bridgehead atoms. The number of rotatable bonds is 7.